The molecule has 1 aliphatic rings. The van der Waals surface area contributed by atoms with E-state index in [1.165, 1.54) is 30.4 Å². The van der Waals surface area contributed by atoms with E-state index in [9.17, 15) is 0 Å². The first kappa shape index (κ1) is 13.6. The van der Waals surface area contributed by atoms with E-state index in [0.717, 1.165) is 12.5 Å². The van der Waals surface area contributed by atoms with Crippen molar-refractivity contribution < 1.29 is 4.74 Å². The summed E-state index contributed by atoms with van der Waals surface area (Å²) in [5.41, 5.74) is 2.76. The average molecular weight is 247 g/mol. The molecule has 0 heterocycles. The first-order chi connectivity index (χ1) is 8.72. The van der Waals surface area contributed by atoms with E-state index < -0.39 is 0 Å². The minimum Gasteiger partial charge on any atom is -0.378 e. The van der Waals surface area contributed by atoms with Crippen LogP contribution in [0.4, 0.5) is 0 Å². The molecule has 0 aliphatic heterocycles. The Morgan fingerprint density at radius 2 is 2.17 bits per heavy atom. The lowest BCUT2D eigenvalue weighted by molar-refractivity contribution is -0.0289. The van der Waals surface area contributed by atoms with E-state index in [4.69, 9.17) is 4.74 Å². The highest BCUT2D eigenvalue weighted by Crippen LogP contribution is 2.36. The molecule has 2 heteroatoms. The van der Waals surface area contributed by atoms with Crippen molar-refractivity contribution in [2.45, 2.75) is 45.3 Å². The molecule has 1 atom stereocenters. The highest BCUT2D eigenvalue weighted by atomic mass is 16.5. The van der Waals surface area contributed by atoms with Gasteiger partial charge in [-0.2, -0.15) is 0 Å². The van der Waals surface area contributed by atoms with Gasteiger partial charge in [-0.3, -0.25) is 0 Å². The summed E-state index contributed by atoms with van der Waals surface area (Å²) in [5, 5.41) is 3.45. The molecular formula is C16H25NO. The minimum absolute atomic E-state index is 0.484. The monoisotopic (exact) mass is 247 g/mol. The van der Waals surface area contributed by atoms with Crippen molar-refractivity contribution in [2.75, 3.05) is 13.7 Å². The number of hydrogen-bond acceptors (Lipinski definition) is 2. The molecule has 1 fully saturated rings. The third kappa shape index (κ3) is 3.33. The summed E-state index contributed by atoms with van der Waals surface area (Å²) in [5.74, 6) is 0.819. The lowest BCUT2D eigenvalue weighted by Gasteiger charge is -2.37. The molecule has 1 aliphatic carbocycles. The molecular weight excluding hydrogens is 222 g/mol. The summed E-state index contributed by atoms with van der Waals surface area (Å²) >= 11 is 0. The largest absolute Gasteiger partial charge is 0.378 e. The average Bonchev–Trinajstić information content (AvgIpc) is 2.32. The molecule has 2 rings (SSSR count). The maximum atomic E-state index is 5.63. The maximum Gasteiger partial charge on any atom is 0.0580 e. The van der Waals surface area contributed by atoms with Crippen molar-refractivity contribution in [3.05, 3.63) is 35.4 Å². The summed E-state index contributed by atoms with van der Waals surface area (Å²) in [6, 6.07) is 9.31. The highest BCUT2D eigenvalue weighted by molar-refractivity contribution is 5.25. The van der Waals surface area contributed by atoms with Gasteiger partial charge in [0.15, 0.2) is 0 Å². The van der Waals surface area contributed by atoms with Gasteiger partial charge >= 0.3 is 0 Å². The van der Waals surface area contributed by atoms with Gasteiger partial charge in [0.1, 0.15) is 0 Å². The second-order valence-electron chi connectivity index (χ2n) is 5.41. The lowest BCUT2D eigenvalue weighted by atomic mass is 9.77. The van der Waals surface area contributed by atoms with Crippen LogP contribution in [0.2, 0.25) is 0 Å². The van der Waals surface area contributed by atoms with Gasteiger partial charge in [0, 0.05) is 12.6 Å². The van der Waals surface area contributed by atoms with E-state index in [-0.39, 0.29) is 0 Å². The van der Waals surface area contributed by atoms with E-state index in [0.29, 0.717) is 12.1 Å². The summed E-state index contributed by atoms with van der Waals surface area (Å²) in [4.78, 5) is 0. The molecule has 2 nitrogen and oxygen atoms in total. The van der Waals surface area contributed by atoms with Crippen LogP contribution in [-0.4, -0.2) is 19.8 Å². The molecule has 1 aromatic rings. The lowest BCUT2D eigenvalue weighted by Crippen LogP contribution is -2.34. The first-order valence-corrected chi connectivity index (χ1v) is 7.08. The summed E-state index contributed by atoms with van der Waals surface area (Å²) in [6.07, 6.45) is 4.22. The topological polar surface area (TPSA) is 21.3 Å². The Kier molecular flexibility index (Phi) is 4.79. The van der Waals surface area contributed by atoms with Crippen LogP contribution in [0.5, 0.6) is 0 Å². The fourth-order valence-electron chi connectivity index (χ4n) is 2.88. The minimum atomic E-state index is 0.484. The fraction of sp³-hybridized carbons (Fsp3) is 0.625. The van der Waals surface area contributed by atoms with Crippen molar-refractivity contribution in [3.63, 3.8) is 0 Å². The van der Waals surface area contributed by atoms with Crippen molar-refractivity contribution >= 4 is 0 Å². The zero-order valence-corrected chi connectivity index (χ0v) is 11.8. The Morgan fingerprint density at radius 3 is 2.78 bits per heavy atom. The zero-order chi connectivity index (χ0) is 13.0. The van der Waals surface area contributed by atoms with E-state index in [2.05, 4.69) is 50.5 Å². The Balaban J connectivity index is 1.87. The van der Waals surface area contributed by atoms with Crippen LogP contribution in [0.1, 0.15) is 43.4 Å². The van der Waals surface area contributed by atoms with Crippen LogP contribution in [-0.2, 0) is 4.74 Å². The van der Waals surface area contributed by atoms with Crippen molar-refractivity contribution in [1.82, 2.24) is 5.32 Å². The maximum absolute atomic E-state index is 5.63. The summed E-state index contributed by atoms with van der Waals surface area (Å²) in [6.45, 7) is 5.09. The van der Waals surface area contributed by atoms with E-state index in [1.807, 2.05) is 0 Å². The molecule has 0 aromatic heterocycles. The molecule has 1 aromatic carbocycles. The number of ether oxygens (including phenoxy) is 1. The predicted molar refractivity (Wildman–Crippen MR) is 75.7 cm³/mol. The SMILES string of the molecule is CCOC1CC(CC(NC)c2cccc(C)c2)C1. The molecule has 100 valence electrons. The van der Waals surface area contributed by atoms with Gasteiger partial charge in [-0.25, -0.2) is 0 Å². The van der Waals surface area contributed by atoms with Gasteiger partial charge in [-0.1, -0.05) is 29.8 Å². The van der Waals surface area contributed by atoms with E-state index in [1.54, 1.807) is 0 Å². The molecule has 0 spiro atoms. The Morgan fingerprint density at radius 1 is 1.39 bits per heavy atom. The van der Waals surface area contributed by atoms with Gasteiger partial charge in [0.05, 0.1) is 6.10 Å². The molecule has 1 saturated carbocycles. The highest BCUT2D eigenvalue weighted by Gasteiger charge is 2.31. The first-order valence-electron chi connectivity index (χ1n) is 7.08. The van der Waals surface area contributed by atoms with Crippen LogP contribution in [0.15, 0.2) is 24.3 Å². The Hall–Kier alpha value is -0.860. The van der Waals surface area contributed by atoms with Crippen molar-refractivity contribution in [3.8, 4) is 0 Å². The number of hydrogen-bond donors (Lipinski definition) is 1. The second-order valence-corrected chi connectivity index (χ2v) is 5.41. The second kappa shape index (κ2) is 6.35. The van der Waals surface area contributed by atoms with Crippen LogP contribution < -0.4 is 5.32 Å². The number of aryl methyl sites for hydroxylation is 1. The van der Waals surface area contributed by atoms with Gasteiger partial charge in [0.2, 0.25) is 0 Å². The van der Waals surface area contributed by atoms with Gasteiger partial charge in [0.25, 0.3) is 0 Å². The predicted octanol–water partition coefficient (Wildman–Crippen LogP) is 3.46. The number of nitrogens with one attached hydrogen (secondary N) is 1. The summed E-state index contributed by atoms with van der Waals surface area (Å²) in [7, 11) is 2.06. The van der Waals surface area contributed by atoms with Crippen LogP contribution in [0.3, 0.4) is 0 Å². The van der Waals surface area contributed by atoms with Crippen LogP contribution in [0, 0.1) is 12.8 Å². The standard InChI is InChI=1S/C16H25NO/c1-4-18-15-9-13(10-15)11-16(17-3)14-7-5-6-12(2)8-14/h5-8,13,15-17H,4,9-11H2,1-3H3. The Labute approximate surface area is 111 Å². The molecule has 0 amide bonds. The normalized spacial score (nSPS) is 24.6. The quantitative estimate of drug-likeness (QED) is 0.831. The van der Waals surface area contributed by atoms with Gasteiger partial charge < -0.3 is 10.1 Å². The number of rotatable bonds is 6. The zero-order valence-electron chi connectivity index (χ0n) is 11.8. The van der Waals surface area contributed by atoms with Gasteiger partial charge in [-0.05, 0) is 51.6 Å². The fourth-order valence-corrected chi connectivity index (χ4v) is 2.88. The number of benzene rings is 1. The molecule has 18 heavy (non-hydrogen) atoms. The molecule has 1 unspecified atom stereocenters. The third-order valence-electron chi connectivity index (χ3n) is 3.96. The van der Waals surface area contributed by atoms with Crippen molar-refractivity contribution in [2.24, 2.45) is 5.92 Å². The van der Waals surface area contributed by atoms with Crippen molar-refractivity contribution in [1.29, 1.82) is 0 Å². The molecule has 0 radical (unpaired) electrons. The van der Waals surface area contributed by atoms with Crippen LogP contribution >= 0.6 is 0 Å². The van der Waals surface area contributed by atoms with Gasteiger partial charge in [-0.15, -0.1) is 0 Å². The van der Waals surface area contributed by atoms with E-state index >= 15 is 0 Å². The summed E-state index contributed by atoms with van der Waals surface area (Å²) < 4.78 is 5.63. The third-order valence-corrected chi connectivity index (χ3v) is 3.96. The van der Waals surface area contributed by atoms with Crippen LogP contribution in [0.25, 0.3) is 0 Å². The Bertz CT molecular complexity index is 371. The molecule has 0 bridgehead atoms. The smallest absolute Gasteiger partial charge is 0.0580 e. The molecule has 1 N–H and O–H groups in total. The molecule has 0 saturated heterocycles.